The molecule has 176 valence electrons. The molecule has 0 bridgehead atoms. The maximum Gasteiger partial charge on any atom is 0.198 e. The Bertz CT molecular complexity index is 1480. The predicted octanol–water partition coefficient (Wildman–Crippen LogP) is 2.93. The highest BCUT2D eigenvalue weighted by Gasteiger charge is 2.28. The van der Waals surface area contributed by atoms with Crippen LogP contribution >= 0.6 is 0 Å². The summed E-state index contributed by atoms with van der Waals surface area (Å²) >= 11 is 0. The lowest BCUT2D eigenvalue weighted by Gasteiger charge is -2.43. The van der Waals surface area contributed by atoms with Crippen LogP contribution in [-0.2, 0) is 4.74 Å². The monoisotopic (exact) mass is 467 g/mol. The Balaban J connectivity index is 1.12. The first kappa shape index (κ1) is 20.4. The molecule has 2 saturated heterocycles. The molecule has 3 aromatic heterocycles. The second kappa shape index (κ2) is 8.33. The van der Waals surface area contributed by atoms with Gasteiger partial charge in [0.25, 0.3) is 0 Å². The topological polar surface area (TPSA) is 99.5 Å². The van der Waals surface area contributed by atoms with E-state index in [0.717, 1.165) is 67.2 Å². The Morgan fingerprint density at radius 2 is 1.86 bits per heavy atom. The van der Waals surface area contributed by atoms with Crippen LogP contribution < -0.4 is 10.2 Å². The Morgan fingerprint density at radius 3 is 2.66 bits per heavy atom. The summed E-state index contributed by atoms with van der Waals surface area (Å²) in [6.45, 7) is 6.00. The molecule has 10 nitrogen and oxygen atoms in total. The molecule has 35 heavy (non-hydrogen) atoms. The number of anilines is 3. The number of benzene rings is 2. The largest absolute Gasteiger partial charge is 0.378 e. The minimum absolute atomic E-state index is 0.613. The molecule has 2 N–H and O–H groups in total. The van der Waals surface area contributed by atoms with Crippen molar-refractivity contribution in [1.82, 2.24) is 34.7 Å². The average Bonchev–Trinajstić information content (AvgIpc) is 3.53. The van der Waals surface area contributed by atoms with Crippen molar-refractivity contribution in [3.05, 3.63) is 61.2 Å². The molecule has 2 aromatic carbocycles. The summed E-state index contributed by atoms with van der Waals surface area (Å²) in [6, 6.07) is 15.3. The quantitative estimate of drug-likeness (QED) is 0.407. The van der Waals surface area contributed by atoms with Crippen LogP contribution in [0.15, 0.2) is 61.2 Å². The number of nitrogens with one attached hydrogen (secondary N) is 2. The van der Waals surface area contributed by atoms with Crippen molar-refractivity contribution >= 4 is 33.7 Å². The number of aromatic amines is 1. The third-order valence-electron chi connectivity index (χ3n) is 6.95. The number of rotatable bonds is 5. The average molecular weight is 468 g/mol. The molecule has 10 heteroatoms. The summed E-state index contributed by atoms with van der Waals surface area (Å²) in [5.41, 5.74) is 5.62. The van der Waals surface area contributed by atoms with Gasteiger partial charge in [0.1, 0.15) is 6.33 Å². The van der Waals surface area contributed by atoms with Gasteiger partial charge in [0.15, 0.2) is 11.5 Å². The summed E-state index contributed by atoms with van der Waals surface area (Å²) in [6.07, 6.45) is 5.25. The number of aromatic nitrogens is 6. The first-order valence-electron chi connectivity index (χ1n) is 11.9. The number of hydrogen-bond acceptors (Lipinski definition) is 8. The van der Waals surface area contributed by atoms with Crippen LogP contribution in [0.5, 0.6) is 0 Å². The summed E-state index contributed by atoms with van der Waals surface area (Å²) in [5, 5.41) is 16.0. The van der Waals surface area contributed by atoms with E-state index in [-0.39, 0.29) is 0 Å². The van der Waals surface area contributed by atoms with Gasteiger partial charge in [0.2, 0.25) is 0 Å². The highest BCUT2D eigenvalue weighted by molar-refractivity contribution is 5.83. The number of piperazine rings is 1. The lowest BCUT2D eigenvalue weighted by molar-refractivity contribution is -0.0660. The zero-order chi connectivity index (χ0) is 23.2. The number of hydrogen-bond donors (Lipinski definition) is 2. The molecule has 0 amide bonds. The van der Waals surface area contributed by atoms with Crippen molar-refractivity contribution in [2.75, 3.05) is 49.6 Å². The maximum absolute atomic E-state index is 5.35. The van der Waals surface area contributed by atoms with E-state index in [1.165, 1.54) is 5.69 Å². The molecule has 0 aliphatic carbocycles. The molecule has 2 fully saturated rings. The Labute approximate surface area is 201 Å². The third-order valence-corrected chi connectivity index (χ3v) is 6.95. The van der Waals surface area contributed by atoms with Crippen molar-refractivity contribution in [2.24, 2.45) is 0 Å². The summed E-state index contributed by atoms with van der Waals surface area (Å²) in [5.74, 6) is 0.661. The summed E-state index contributed by atoms with van der Waals surface area (Å²) in [4.78, 5) is 14.3. The van der Waals surface area contributed by atoms with Crippen molar-refractivity contribution in [1.29, 1.82) is 0 Å². The first-order valence-corrected chi connectivity index (χ1v) is 11.9. The van der Waals surface area contributed by atoms with Gasteiger partial charge < -0.3 is 15.0 Å². The number of nitrogens with zero attached hydrogens (tertiary/aromatic N) is 7. The van der Waals surface area contributed by atoms with Crippen molar-refractivity contribution in [3.63, 3.8) is 0 Å². The first-order chi connectivity index (χ1) is 17.3. The van der Waals surface area contributed by atoms with E-state index in [4.69, 9.17) is 9.72 Å². The normalized spacial score (nSPS) is 17.2. The second-order valence-corrected chi connectivity index (χ2v) is 9.06. The van der Waals surface area contributed by atoms with E-state index in [0.29, 0.717) is 17.5 Å². The molecule has 0 spiro atoms. The number of fused-ring (bicyclic) bond motifs is 2. The Hall–Kier alpha value is -4.02. The van der Waals surface area contributed by atoms with Gasteiger partial charge in [-0.2, -0.15) is 10.2 Å². The van der Waals surface area contributed by atoms with Crippen LogP contribution in [0.2, 0.25) is 0 Å². The van der Waals surface area contributed by atoms with E-state index in [2.05, 4.69) is 59.7 Å². The molecular weight excluding hydrogens is 442 g/mol. The number of ether oxygens (including phenoxy) is 1. The van der Waals surface area contributed by atoms with Crippen LogP contribution in [0, 0.1) is 0 Å². The van der Waals surface area contributed by atoms with Gasteiger partial charge in [0, 0.05) is 48.5 Å². The summed E-state index contributed by atoms with van der Waals surface area (Å²) < 4.78 is 7.10. The highest BCUT2D eigenvalue weighted by Crippen LogP contribution is 2.27. The molecule has 0 radical (unpaired) electrons. The van der Waals surface area contributed by atoms with Crippen molar-refractivity contribution in [2.45, 2.75) is 6.04 Å². The second-order valence-electron chi connectivity index (χ2n) is 9.06. The summed E-state index contributed by atoms with van der Waals surface area (Å²) in [7, 11) is 0. The van der Waals surface area contributed by atoms with Gasteiger partial charge in [-0.05, 0) is 30.3 Å². The van der Waals surface area contributed by atoms with Crippen LogP contribution in [0.1, 0.15) is 0 Å². The van der Waals surface area contributed by atoms with Gasteiger partial charge in [-0.25, -0.2) is 14.5 Å². The van der Waals surface area contributed by atoms with Crippen LogP contribution in [0.3, 0.4) is 0 Å². The van der Waals surface area contributed by atoms with Gasteiger partial charge in [-0.15, -0.1) is 0 Å². The molecule has 5 heterocycles. The number of H-pyrrole nitrogens is 1. The van der Waals surface area contributed by atoms with E-state index in [1.807, 2.05) is 30.6 Å². The molecule has 5 aromatic rings. The van der Waals surface area contributed by atoms with Crippen LogP contribution in [0.25, 0.3) is 27.8 Å². The van der Waals surface area contributed by atoms with E-state index >= 15 is 0 Å². The van der Waals surface area contributed by atoms with Crippen LogP contribution in [0.4, 0.5) is 17.2 Å². The minimum atomic E-state index is 0.613. The van der Waals surface area contributed by atoms with E-state index in [1.54, 1.807) is 10.8 Å². The standard InChI is InChI=1S/C25H25N9O/c1-2-18-12-27-31-22(18)11-17(1)23-13-34-25(26-16-28-34)24(30-23)29-19-3-5-20(6-4-19)32-7-9-33(10-8-32)21-14-35-15-21/h1-6,11-13,16,21H,7-10,14-15H2,(H,27,31)(H,29,30). The minimum Gasteiger partial charge on any atom is -0.378 e. The van der Waals surface area contributed by atoms with E-state index < -0.39 is 0 Å². The van der Waals surface area contributed by atoms with Gasteiger partial charge in [0.05, 0.1) is 42.9 Å². The van der Waals surface area contributed by atoms with Gasteiger partial charge in [-0.1, -0.05) is 12.1 Å². The Morgan fingerprint density at radius 1 is 1.00 bits per heavy atom. The zero-order valence-electron chi connectivity index (χ0n) is 19.1. The lowest BCUT2D eigenvalue weighted by Crippen LogP contribution is -2.56. The van der Waals surface area contributed by atoms with E-state index in [9.17, 15) is 0 Å². The third kappa shape index (κ3) is 3.76. The zero-order valence-corrected chi connectivity index (χ0v) is 19.1. The highest BCUT2D eigenvalue weighted by atomic mass is 16.5. The van der Waals surface area contributed by atoms with Gasteiger partial charge >= 0.3 is 0 Å². The molecular formula is C25H25N9O. The SMILES string of the molecule is c1nc2c(Nc3ccc(N4CCN(C5COC5)CC4)cc3)nc(-c3ccc4cn[nH]c4c3)cn2n1. The predicted molar refractivity (Wildman–Crippen MR) is 134 cm³/mol. The maximum atomic E-state index is 5.35. The molecule has 2 aliphatic heterocycles. The smallest absolute Gasteiger partial charge is 0.198 e. The molecule has 0 atom stereocenters. The van der Waals surface area contributed by atoms with Crippen molar-refractivity contribution in [3.8, 4) is 11.3 Å². The Kier molecular flexibility index (Phi) is 4.85. The fraction of sp³-hybridized carbons (Fsp3) is 0.280. The lowest BCUT2D eigenvalue weighted by atomic mass is 10.1. The fourth-order valence-electron chi connectivity index (χ4n) is 4.82. The molecule has 7 rings (SSSR count). The molecule has 0 unspecified atom stereocenters. The fourth-order valence-corrected chi connectivity index (χ4v) is 4.82. The molecule has 0 saturated carbocycles. The van der Waals surface area contributed by atoms with Gasteiger partial charge in [-0.3, -0.25) is 10.00 Å². The van der Waals surface area contributed by atoms with Crippen LogP contribution in [-0.4, -0.2) is 80.1 Å². The molecule has 2 aliphatic rings. The van der Waals surface area contributed by atoms with Crippen molar-refractivity contribution < 1.29 is 4.74 Å².